The van der Waals surface area contributed by atoms with Crippen LogP contribution in [0.2, 0.25) is 0 Å². The van der Waals surface area contributed by atoms with Gasteiger partial charge in [0.25, 0.3) is 0 Å². The predicted octanol–water partition coefficient (Wildman–Crippen LogP) is 13.1. The Labute approximate surface area is 290 Å². The molecule has 0 bridgehead atoms. The molecule has 0 aliphatic heterocycles. The second kappa shape index (κ2) is 38.8. The molecule has 4 heteroatoms. The highest BCUT2D eigenvalue weighted by Gasteiger charge is 2.14. The van der Waals surface area contributed by atoms with Crippen molar-refractivity contribution in [3.05, 3.63) is 0 Å². The van der Waals surface area contributed by atoms with Crippen molar-refractivity contribution < 1.29 is 14.6 Å². The second-order valence-corrected chi connectivity index (χ2v) is 14.6. The van der Waals surface area contributed by atoms with E-state index in [1.165, 1.54) is 180 Å². The second-order valence-electron chi connectivity index (χ2n) is 14.6. The number of unbranched alkanes of at least 4 members (excludes halogenated alkanes) is 25. The normalized spacial score (nSPS) is 11.7. The molecule has 0 aromatic rings. The Balaban J connectivity index is 4.03. The Morgan fingerprint density at radius 3 is 1.17 bits per heavy atom. The number of carbonyl (C=O) groups excluding carboxylic acids is 1. The van der Waals surface area contributed by atoms with Gasteiger partial charge >= 0.3 is 5.97 Å². The summed E-state index contributed by atoms with van der Waals surface area (Å²) in [4.78, 5) is 15.3. The van der Waals surface area contributed by atoms with Crippen LogP contribution in [-0.4, -0.2) is 48.3 Å². The van der Waals surface area contributed by atoms with Crippen LogP contribution in [0.1, 0.15) is 233 Å². The van der Waals surface area contributed by atoms with E-state index >= 15 is 0 Å². The average molecular weight is 652 g/mol. The zero-order valence-corrected chi connectivity index (χ0v) is 32.0. The highest BCUT2D eigenvalue weighted by molar-refractivity contribution is 5.69. The van der Waals surface area contributed by atoms with Crippen LogP contribution in [-0.2, 0) is 9.53 Å². The lowest BCUT2D eigenvalue weighted by atomic mass is 10.0. The lowest BCUT2D eigenvalue weighted by Gasteiger charge is -2.22. The first-order valence-corrected chi connectivity index (χ1v) is 21.2. The van der Waals surface area contributed by atoms with Gasteiger partial charge in [-0.05, 0) is 64.5 Å². The van der Waals surface area contributed by atoms with Crippen molar-refractivity contribution in [2.75, 3.05) is 26.2 Å². The molecule has 0 aromatic carbocycles. The molecule has 0 aliphatic rings. The largest absolute Gasteiger partial charge is 0.462 e. The minimum Gasteiger partial charge on any atom is -0.462 e. The maximum absolute atomic E-state index is 12.7. The van der Waals surface area contributed by atoms with E-state index in [4.69, 9.17) is 4.74 Å². The minimum absolute atomic E-state index is 0.0413. The molecule has 0 aliphatic carbocycles. The predicted molar refractivity (Wildman–Crippen MR) is 203 cm³/mol. The third kappa shape index (κ3) is 34.7. The number of aliphatic hydroxyl groups is 1. The molecular formula is C42H85NO3. The average Bonchev–Trinajstić information content (AvgIpc) is 3.06. The van der Waals surface area contributed by atoms with Gasteiger partial charge in [0, 0.05) is 19.6 Å². The lowest BCUT2D eigenvalue weighted by molar-refractivity contribution is -0.150. The first-order valence-electron chi connectivity index (χ1n) is 21.2. The fourth-order valence-electron chi connectivity index (χ4n) is 6.75. The molecule has 0 atom stereocenters. The van der Waals surface area contributed by atoms with Crippen molar-refractivity contribution in [2.24, 2.45) is 0 Å². The topological polar surface area (TPSA) is 49.8 Å². The number of hydrogen-bond acceptors (Lipinski definition) is 4. The summed E-state index contributed by atoms with van der Waals surface area (Å²) in [5, 5.41) is 9.36. The van der Waals surface area contributed by atoms with Crippen LogP contribution in [0.3, 0.4) is 0 Å². The number of hydrogen-bond donors (Lipinski definition) is 1. The van der Waals surface area contributed by atoms with Crippen molar-refractivity contribution >= 4 is 5.97 Å². The number of rotatable bonds is 39. The molecular weight excluding hydrogens is 566 g/mol. The SMILES string of the molecule is CCCCCCCCCCCCCCN(CCCO)CCCCCCCC(=O)OC(CCCCCCCC)CCCCCCCC. The van der Waals surface area contributed by atoms with Gasteiger partial charge < -0.3 is 14.7 Å². The van der Waals surface area contributed by atoms with E-state index < -0.39 is 0 Å². The quantitative estimate of drug-likeness (QED) is 0.0531. The summed E-state index contributed by atoms with van der Waals surface area (Å²) in [6.45, 7) is 10.5. The van der Waals surface area contributed by atoms with E-state index in [1.54, 1.807) is 0 Å². The Bertz CT molecular complexity index is 567. The van der Waals surface area contributed by atoms with E-state index in [0.717, 1.165) is 45.2 Å². The number of esters is 1. The van der Waals surface area contributed by atoms with Crippen LogP contribution in [0, 0.1) is 0 Å². The Morgan fingerprint density at radius 2 is 0.783 bits per heavy atom. The van der Waals surface area contributed by atoms with Crippen molar-refractivity contribution in [3.8, 4) is 0 Å². The molecule has 0 fully saturated rings. The summed E-state index contributed by atoms with van der Waals surface area (Å²) in [7, 11) is 0. The molecule has 1 N–H and O–H groups in total. The van der Waals surface area contributed by atoms with Crippen molar-refractivity contribution in [2.45, 2.75) is 239 Å². The zero-order valence-electron chi connectivity index (χ0n) is 32.0. The standard InChI is InChI=1S/C42H85NO3/c1-4-7-10-13-16-17-18-19-20-21-26-31-37-43(39-33-40-44)38-32-27-22-25-30-36-42(45)46-41(34-28-23-14-11-8-5-2)35-29-24-15-12-9-6-3/h41,44H,4-40H2,1-3H3. The first-order chi connectivity index (χ1) is 22.7. The molecule has 0 spiro atoms. The molecule has 46 heavy (non-hydrogen) atoms. The molecule has 0 heterocycles. The van der Waals surface area contributed by atoms with Crippen LogP contribution in [0.25, 0.3) is 0 Å². The van der Waals surface area contributed by atoms with E-state index in [0.29, 0.717) is 13.0 Å². The summed E-state index contributed by atoms with van der Waals surface area (Å²) in [5.41, 5.74) is 0. The highest BCUT2D eigenvalue weighted by Crippen LogP contribution is 2.18. The molecule has 4 nitrogen and oxygen atoms in total. The van der Waals surface area contributed by atoms with Crippen molar-refractivity contribution in [1.82, 2.24) is 4.90 Å². The van der Waals surface area contributed by atoms with Gasteiger partial charge in [-0.25, -0.2) is 0 Å². The van der Waals surface area contributed by atoms with Gasteiger partial charge in [-0.3, -0.25) is 4.79 Å². The van der Waals surface area contributed by atoms with Gasteiger partial charge in [-0.15, -0.1) is 0 Å². The Morgan fingerprint density at radius 1 is 0.457 bits per heavy atom. The van der Waals surface area contributed by atoms with Crippen LogP contribution in [0.15, 0.2) is 0 Å². The summed E-state index contributed by atoms with van der Waals surface area (Å²) in [6.07, 6.45) is 41.8. The zero-order chi connectivity index (χ0) is 33.6. The van der Waals surface area contributed by atoms with Gasteiger partial charge in [0.05, 0.1) is 0 Å². The van der Waals surface area contributed by atoms with Crippen molar-refractivity contribution in [1.29, 1.82) is 0 Å². The highest BCUT2D eigenvalue weighted by atomic mass is 16.5. The molecule has 0 rings (SSSR count). The van der Waals surface area contributed by atoms with E-state index in [-0.39, 0.29) is 12.1 Å². The fraction of sp³-hybridized carbons (Fsp3) is 0.976. The third-order valence-electron chi connectivity index (χ3n) is 9.87. The van der Waals surface area contributed by atoms with Crippen LogP contribution < -0.4 is 0 Å². The summed E-state index contributed by atoms with van der Waals surface area (Å²) < 4.78 is 6.03. The maximum Gasteiger partial charge on any atom is 0.306 e. The van der Waals surface area contributed by atoms with E-state index in [1.807, 2.05) is 0 Å². The van der Waals surface area contributed by atoms with Crippen LogP contribution >= 0.6 is 0 Å². The van der Waals surface area contributed by atoms with Gasteiger partial charge in [0.2, 0.25) is 0 Å². The van der Waals surface area contributed by atoms with Gasteiger partial charge in [0.1, 0.15) is 6.10 Å². The number of ether oxygens (including phenoxy) is 1. The first kappa shape index (κ1) is 45.4. The van der Waals surface area contributed by atoms with E-state index in [9.17, 15) is 9.90 Å². The number of aliphatic hydroxyl groups excluding tert-OH is 1. The van der Waals surface area contributed by atoms with Crippen LogP contribution in [0.5, 0.6) is 0 Å². The van der Waals surface area contributed by atoms with Gasteiger partial charge in [-0.2, -0.15) is 0 Å². The molecule has 0 amide bonds. The van der Waals surface area contributed by atoms with E-state index in [2.05, 4.69) is 25.7 Å². The van der Waals surface area contributed by atoms with Gasteiger partial charge in [-0.1, -0.05) is 175 Å². The monoisotopic (exact) mass is 652 g/mol. The molecule has 276 valence electrons. The summed E-state index contributed by atoms with van der Waals surface area (Å²) >= 11 is 0. The van der Waals surface area contributed by atoms with Crippen molar-refractivity contribution in [3.63, 3.8) is 0 Å². The summed E-state index contributed by atoms with van der Waals surface area (Å²) in [6, 6.07) is 0. The maximum atomic E-state index is 12.7. The Kier molecular flexibility index (Phi) is 38.3. The molecule has 0 radical (unpaired) electrons. The lowest BCUT2D eigenvalue weighted by Crippen LogP contribution is -2.27. The molecule has 0 saturated carbocycles. The number of carbonyl (C=O) groups is 1. The Hall–Kier alpha value is -0.610. The minimum atomic E-state index is 0.0413. The third-order valence-corrected chi connectivity index (χ3v) is 9.87. The summed E-state index contributed by atoms with van der Waals surface area (Å²) in [5.74, 6) is 0.0413. The smallest absolute Gasteiger partial charge is 0.306 e. The molecule has 0 unspecified atom stereocenters. The fourth-order valence-corrected chi connectivity index (χ4v) is 6.75. The number of nitrogens with zero attached hydrogens (tertiary/aromatic N) is 1. The molecule has 0 saturated heterocycles. The van der Waals surface area contributed by atoms with Crippen LogP contribution in [0.4, 0.5) is 0 Å². The molecule has 0 aromatic heterocycles. The van der Waals surface area contributed by atoms with Gasteiger partial charge in [0.15, 0.2) is 0 Å².